The van der Waals surface area contributed by atoms with Crippen LogP contribution >= 0.6 is 0 Å². The first-order chi connectivity index (χ1) is 10.5. The van der Waals surface area contributed by atoms with Gasteiger partial charge in [-0.3, -0.25) is 14.9 Å². The van der Waals surface area contributed by atoms with Gasteiger partial charge in [-0.05, 0) is 36.2 Å². The lowest BCUT2D eigenvalue weighted by Crippen LogP contribution is -2.25. The van der Waals surface area contributed by atoms with E-state index in [1.54, 1.807) is 12.1 Å². The summed E-state index contributed by atoms with van der Waals surface area (Å²) in [6.45, 7) is 0.336. The second-order valence-electron chi connectivity index (χ2n) is 4.66. The van der Waals surface area contributed by atoms with Crippen LogP contribution < -0.4 is 11.1 Å². The molecule has 22 heavy (non-hydrogen) atoms. The molecule has 0 saturated heterocycles. The smallest absolute Gasteiger partial charge is 0.292 e. The number of carbonyl (C=O) groups is 1. The maximum atomic E-state index is 12.8. The molecule has 1 amide bonds. The van der Waals surface area contributed by atoms with E-state index in [1.807, 2.05) is 0 Å². The predicted molar refractivity (Wildman–Crippen MR) is 79.9 cm³/mol. The topological polar surface area (TPSA) is 98.3 Å². The second-order valence-corrected chi connectivity index (χ2v) is 4.66. The van der Waals surface area contributed by atoms with Crippen LogP contribution in [0, 0.1) is 15.9 Å². The predicted octanol–water partition coefficient (Wildman–Crippen LogP) is 2.29. The van der Waals surface area contributed by atoms with E-state index < -0.39 is 10.8 Å². The Labute approximate surface area is 125 Å². The van der Waals surface area contributed by atoms with Crippen LogP contribution in [-0.2, 0) is 6.42 Å². The van der Waals surface area contributed by atoms with Gasteiger partial charge in [-0.15, -0.1) is 0 Å². The monoisotopic (exact) mass is 303 g/mol. The number of anilines is 1. The maximum Gasteiger partial charge on any atom is 0.292 e. The molecule has 0 aromatic heterocycles. The number of nitrogens with one attached hydrogen (secondary N) is 1. The average Bonchev–Trinajstić information content (AvgIpc) is 2.49. The van der Waals surface area contributed by atoms with Crippen LogP contribution in [0.1, 0.15) is 15.9 Å². The van der Waals surface area contributed by atoms with Crippen LogP contribution in [0.15, 0.2) is 42.5 Å². The number of carbonyl (C=O) groups excluding carboxylic acids is 1. The fourth-order valence-corrected chi connectivity index (χ4v) is 1.92. The Hall–Kier alpha value is -2.96. The molecule has 0 radical (unpaired) electrons. The van der Waals surface area contributed by atoms with Gasteiger partial charge in [0.2, 0.25) is 0 Å². The number of nitrogens with two attached hydrogens (primary N) is 1. The average molecular weight is 303 g/mol. The van der Waals surface area contributed by atoms with E-state index in [4.69, 9.17) is 5.73 Å². The van der Waals surface area contributed by atoms with Gasteiger partial charge in [0.1, 0.15) is 11.5 Å². The van der Waals surface area contributed by atoms with E-state index in [0.717, 1.165) is 11.6 Å². The third kappa shape index (κ3) is 3.78. The number of halogens is 1. The summed E-state index contributed by atoms with van der Waals surface area (Å²) < 4.78 is 12.8. The number of nitro groups is 1. The van der Waals surface area contributed by atoms with Crippen molar-refractivity contribution in [1.29, 1.82) is 0 Å². The summed E-state index contributed by atoms with van der Waals surface area (Å²) in [6.07, 6.45) is 0.531. The third-order valence-electron chi connectivity index (χ3n) is 3.10. The molecule has 2 rings (SSSR count). The van der Waals surface area contributed by atoms with Gasteiger partial charge in [0, 0.05) is 18.2 Å². The Kier molecular flexibility index (Phi) is 4.67. The highest BCUT2D eigenvalue weighted by Gasteiger charge is 2.15. The molecular formula is C15H14FN3O3. The highest BCUT2D eigenvalue weighted by Crippen LogP contribution is 2.22. The van der Waals surface area contributed by atoms with Crippen LogP contribution in [0.5, 0.6) is 0 Å². The van der Waals surface area contributed by atoms with E-state index >= 15 is 0 Å². The Balaban J connectivity index is 1.96. The lowest BCUT2D eigenvalue weighted by molar-refractivity contribution is -0.383. The lowest BCUT2D eigenvalue weighted by Gasteiger charge is -2.06. The van der Waals surface area contributed by atoms with Crippen LogP contribution in [0.25, 0.3) is 0 Å². The number of hydrogen-bond donors (Lipinski definition) is 2. The first-order valence-electron chi connectivity index (χ1n) is 6.54. The molecule has 0 aliphatic heterocycles. The largest absolute Gasteiger partial charge is 0.393 e. The van der Waals surface area contributed by atoms with Gasteiger partial charge in [0.15, 0.2) is 0 Å². The zero-order valence-corrected chi connectivity index (χ0v) is 11.6. The van der Waals surface area contributed by atoms with Crippen LogP contribution in [0.4, 0.5) is 15.8 Å². The van der Waals surface area contributed by atoms with E-state index in [1.165, 1.54) is 24.3 Å². The van der Waals surface area contributed by atoms with Crippen molar-refractivity contribution >= 4 is 17.3 Å². The van der Waals surface area contributed by atoms with Crippen molar-refractivity contribution in [3.8, 4) is 0 Å². The molecule has 2 aromatic carbocycles. The molecule has 114 valence electrons. The van der Waals surface area contributed by atoms with E-state index in [2.05, 4.69) is 5.32 Å². The molecule has 2 aromatic rings. The number of rotatable bonds is 5. The number of nitrogens with zero attached hydrogens (tertiary/aromatic N) is 1. The molecule has 0 aliphatic rings. The summed E-state index contributed by atoms with van der Waals surface area (Å²) in [4.78, 5) is 22.1. The molecule has 0 fully saturated rings. The minimum atomic E-state index is -0.634. The van der Waals surface area contributed by atoms with Crippen molar-refractivity contribution in [3.63, 3.8) is 0 Å². The zero-order valence-electron chi connectivity index (χ0n) is 11.6. The molecule has 0 spiro atoms. The van der Waals surface area contributed by atoms with Gasteiger partial charge in [0.25, 0.3) is 11.6 Å². The second kappa shape index (κ2) is 6.66. The standard InChI is InChI=1S/C15H14FN3O3/c16-12-4-1-10(2-5-12)7-8-18-15(20)11-3-6-13(17)14(9-11)19(21)22/h1-6,9H,7-8,17H2,(H,18,20). The number of benzene rings is 2. The summed E-state index contributed by atoms with van der Waals surface area (Å²) in [7, 11) is 0. The number of nitro benzene ring substituents is 1. The number of amides is 1. The van der Waals surface area contributed by atoms with Crippen LogP contribution in [0.3, 0.4) is 0 Å². The maximum absolute atomic E-state index is 12.8. The number of hydrogen-bond acceptors (Lipinski definition) is 4. The Morgan fingerprint density at radius 2 is 1.91 bits per heavy atom. The van der Waals surface area contributed by atoms with Crippen LogP contribution in [0.2, 0.25) is 0 Å². The minimum Gasteiger partial charge on any atom is -0.393 e. The van der Waals surface area contributed by atoms with Crippen LogP contribution in [-0.4, -0.2) is 17.4 Å². The highest BCUT2D eigenvalue weighted by atomic mass is 19.1. The summed E-state index contributed by atoms with van der Waals surface area (Å²) in [5, 5.41) is 13.4. The Morgan fingerprint density at radius 3 is 2.55 bits per heavy atom. The molecular weight excluding hydrogens is 289 g/mol. The van der Waals surface area contributed by atoms with E-state index in [9.17, 15) is 19.3 Å². The van der Waals surface area contributed by atoms with Gasteiger partial charge in [0.05, 0.1) is 4.92 Å². The van der Waals surface area contributed by atoms with Gasteiger partial charge >= 0.3 is 0 Å². The minimum absolute atomic E-state index is 0.00728. The van der Waals surface area contributed by atoms with Gasteiger partial charge in [-0.25, -0.2) is 4.39 Å². The zero-order chi connectivity index (χ0) is 16.1. The first kappa shape index (κ1) is 15.4. The van der Waals surface area contributed by atoms with Crippen molar-refractivity contribution in [3.05, 3.63) is 69.5 Å². The fraction of sp³-hybridized carbons (Fsp3) is 0.133. The Bertz CT molecular complexity index is 702. The van der Waals surface area contributed by atoms with E-state index in [-0.39, 0.29) is 22.8 Å². The van der Waals surface area contributed by atoms with Crippen molar-refractivity contribution in [2.24, 2.45) is 0 Å². The highest BCUT2D eigenvalue weighted by molar-refractivity contribution is 5.95. The van der Waals surface area contributed by atoms with Gasteiger partial charge in [-0.2, -0.15) is 0 Å². The summed E-state index contributed by atoms with van der Waals surface area (Å²) >= 11 is 0. The molecule has 0 bridgehead atoms. The van der Waals surface area contributed by atoms with Crippen molar-refractivity contribution in [2.75, 3.05) is 12.3 Å². The van der Waals surface area contributed by atoms with Crippen molar-refractivity contribution < 1.29 is 14.1 Å². The molecule has 0 unspecified atom stereocenters. The normalized spacial score (nSPS) is 10.2. The summed E-state index contributed by atoms with van der Waals surface area (Å²) in [6, 6.07) is 9.86. The molecule has 0 heterocycles. The summed E-state index contributed by atoms with van der Waals surface area (Å²) in [5.74, 6) is -0.743. The molecule has 7 heteroatoms. The third-order valence-corrected chi connectivity index (χ3v) is 3.10. The lowest BCUT2D eigenvalue weighted by atomic mass is 10.1. The molecule has 3 N–H and O–H groups in total. The quantitative estimate of drug-likeness (QED) is 0.503. The molecule has 0 aliphatic carbocycles. The van der Waals surface area contributed by atoms with Crippen molar-refractivity contribution in [1.82, 2.24) is 5.32 Å². The molecule has 6 nitrogen and oxygen atoms in total. The van der Waals surface area contributed by atoms with Gasteiger partial charge in [-0.1, -0.05) is 12.1 Å². The van der Waals surface area contributed by atoms with Crippen molar-refractivity contribution in [2.45, 2.75) is 6.42 Å². The molecule has 0 saturated carbocycles. The first-order valence-corrected chi connectivity index (χ1v) is 6.54. The molecule has 0 atom stereocenters. The number of nitrogen functional groups attached to an aromatic ring is 1. The Morgan fingerprint density at radius 1 is 1.23 bits per heavy atom. The fourth-order valence-electron chi connectivity index (χ4n) is 1.92. The SMILES string of the molecule is Nc1ccc(C(=O)NCCc2ccc(F)cc2)cc1[N+](=O)[O-]. The van der Waals surface area contributed by atoms with E-state index in [0.29, 0.717) is 13.0 Å². The van der Waals surface area contributed by atoms with Gasteiger partial charge < -0.3 is 11.1 Å². The summed E-state index contributed by atoms with van der Waals surface area (Å²) in [5.41, 5.74) is 6.23.